The minimum Gasteiger partial charge on any atom is -0.329 e. The molecule has 1 saturated carbocycles. The van der Waals surface area contributed by atoms with Gasteiger partial charge < -0.3 is 5.73 Å². The maximum Gasteiger partial charge on any atom is 0.0332 e. The number of rotatable bonds is 2. The van der Waals surface area contributed by atoms with Crippen molar-refractivity contribution in [3.8, 4) is 0 Å². The second-order valence-electron chi connectivity index (χ2n) is 6.95. The van der Waals surface area contributed by atoms with E-state index in [2.05, 4.69) is 25.7 Å². The second-order valence-corrected chi connectivity index (χ2v) is 6.95. The fourth-order valence-electron chi connectivity index (χ4n) is 3.47. The summed E-state index contributed by atoms with van der Waals surface area (Å²) in [4.78, 5) is 2.71. The number of nitrogens with zero attached hydrogens (tertiary/aromatic N) is 1. The van der Waals surface area contributed by atoms with Gasteiger partial charge in [-0.05, 0) is 50.0 Å². The average molecular weight is 224 g/mol. The summed E-state index contributed by atoms with van der Waals surface area (Å²) in [5.41, 5.74) is 6.96. The summed E-state index contributed by atoms with van der Waals surface area (Å²) in [5.74, 6) is 0.912. The third-order valence-corrected chi connectivity index (χ3v) is 4.93. The normalized spacial score (nSPS) is 40.1. The zero-order valence-corrected chi connectivity index (χ0v) is 11.3. The van der Waals surface area contributed by atoms with Gasteiger partial charge >= 0.3 is 0 Å². The van der Waals surface area contributed by atoms with Crippen molar-refractivity contribution < 1.29 is 0 Å². The van der Waals surface area contributed by atoms with Crippen LogP contribution in [0.4, 0.5) is 0 Å². The van der Waals surface area contributed by atoms with E-state index in [0.717, 1.165) is 12.5 Å². The molecule has 0 bridgehead atoms. The molecule has 2 nitrogen and oxygen atoms in total. The standard InChI is InChI=1S/C14H28N2/c1-12-4-6-14(10-15,7-5-12)16-9-8-13(2,3)11-16/h12H,4-11,15H2,1-3H3. The summed E-state index contributed by atoms with van der Waals surface area (Å²) in [6.07, 6.45) is 6.72. The van der Waals surface area contributed by atoms with E-state index >= 15 is 0 Å². The van der Waals surface area contributed by atoms with Crippen LogP contribution in [0.2, 0.25) is 0 Å². The van der Waals surface area contributed by atoms with E-state index in [9.17, 15) is 0 Å². The lowest BCUT2D eigenvalue weighted by molar-refractivity contribution is 0.0578. The van der Waals surface area contributed by atoms with E-state index < -0.39 is 0 Å². The summed E-state index contributed by atoms with van der Waals surface area (Å²) >= 11 is 0. The highest BCUT2D eigenvalue weighted by molar-refractivity contribution is 4.99. The van der Waals surface area contributed by atoms with Crippen molar-refractivity contribution in [3.63, 3.8) is 0 Å². The Balaban J connectivity index is 2.05. The third-order valence-electron chi connectivity index (χ3n) is 4.93. The van der Waals surface area contributed by atoms with E-state index in [-0.39, 0.29) is 0 Å². The quantitative estimate of drug-likeness (QED) is 0.781. The van der Waals surface area contributed by atoms with Gasteiger partial charge in [0.2, 0.25) is 0 Å². The Hall–Kier alpha value is -0.0800. The van der Waals surface area contributed by atoms with Crippen LogP contribution < -0.4 is 5.73 Å². The molecule has 0 unspecified atom stereocenters. The number of hydrogen-bond donors (Lipinski definition) is 1. The molecule has 1 saturated heterocycles. The maximum absolute atomic E-state index is 6.11. The van der Waals surface area contributed by atoms with Gasteiger partial charge in [0.1, 0.15) is 0 Å². The van der Waals surface area contributed by atoms with Crippen LogP contribution in [-0.2, 0) is 0 Å². The first-order chi connectivity index (χ1) is 7.47. The van der Waals surface area contributed by atoms with E-state index in [1.165, 1.54) is 45.2 Å². The van der Waals surface area contributed by atoms with Gasteiger partial charge in [0, 0.05) is 18.6 Å². The van der Waals surface area contributed by atoms with Gasteiger partial charge in [-0.2, -0.15) is 0 Å². The average Bonchev–Trinajstić information content (AvgIpc) is 2.61. The molecular weight excluding hydrogens is 196 g/mol. The SMILES string of the molecule is CC1CCC(CN)(N2CCC(C)(C)C2)CC1. The molecule has 1 heterocycles. The van der Waals surface area contributed by atoms with E-state index in [1.807, 2.05) is 0 Å². The number of likely N-dealkylation sites (tertiary alicyclic amines) is 1. The van der Waals surface area contributed by atoms with Gasteiger partial charge in [0.05, 0.1) is 0 Å². The minimum absolute atomic E-state index is 0.347. The van der Waals surface area contributed by atoms with Crippen molar-refractivity contribution in [2.24, 2.45) is 17.1 Å². The molecule has 0 atom stereocenters. The number of nitrogens with two attached hydrogens (primary N) is 1. The van der Waals surface area contributed by atoms with Crippen molar-refractivity contribution in [2.45, 2.75) is 58.4 Å². The molecule has 0 aromatic heterocycles. The van der Waals surface area contributed by atoms with Gasteiger partial charge in [-0.25, -0.2) is 0 Å². The minimum atomic E-state index is 0.347. The predicted molar refractivity (Wildman–Crippen MR) is 69.4 cm³/mol. The molecule has 0 aromatic rings. The van der Waals surface area contributed by atoms with E-state index in [4.69, 9.17) is 5.73 Å². The van der Waals surface area contributed by atoms with E-state index in [1.54, 1.807) is 0 Å². The molecule has 2 fully saturated rings. The maximum atomic E-state index is 6.11. The predicted octanol–water partition coefficient (Wildman–Crippen LogP) is 2.63. The summed E-state index contributed by atoms with van der Waals surface area (Å²) in [6.45, 7) is 10.5. The molecule has 1 aliphatic carbocycles. The van der Waals surface area contributed by atoms with Crippen LogP contribution in [-0.4, -0.2) is 30.1 Å². The lowest BCUT2D eigenvalue weighted by Gasteiger charge is -2.46. The van der Waals surface area contributed by atoms with Gasteiger partial charge in [-0.15, -0.1) is 0 Å². The Bertz CT molecular complexity index is 239. The zero-order chi connectivity index (χ0) is 11.8. The van der Waals surface area contributed by atoms with Crippen molar-refractivity contribution in [2.75, 3.05) is 19.6 Å². The van der Waals surface area contributed by atoms with Gasteiger partial charge in [-0.3, -0.25) is 4.90 Å². The molecule has 0 aromatic carbocycles. The van der Waals surface area contributed by atoms with Crippen LogP contribution in [0.25, 0.3) is 0 Å². The van der Waals surface area contributed by atoms with Crippen LogP contribution in [0, 0.1) is 11.3 Å². The largest absolute Gasteiger partial charge is 0.329 e. The topological polar surface area (TPSA) is 29.3 Å². The molecule has 2 heteroatoms. The molecule has 0 radical (unpaired) electrons. The van der Waals surface area contributed by atoms with Crippen molar-refractivity contribution in [1.29, 1.82) is 0 Å². The van der Waals surface area contributed by atoms with Crippen LogP contribution >= 0.6 is 0 Å². The molecule has 1 aliphatic heterocycles. The Morgan fingerprint density at radius 3 is 2.25 bits per heavy atom. The van der Waals surface area contributed by atoms with E-state index in [0.29, 0.717) is 11.0 Å². The van der Waals surface area contributed by atoms with Crippen molar-refractivity contribution in [3.05, 3.63) is 0 Å². The first-order valence-electron chi connectivity index (χ1n) is 6.93. The molecular formula is C14H28N2. The number of hydrogen-bond acceptors (Lipinski definition) is 2. The van der Waals surface area contributed by atoms with Crippen LogP contribution in [0.15, 0.2) is 0 Å². The summed E-state index contributed by atoms with van der Waals surface area (Å²) in [5, 5.41) is 0. The van der Waals surface area contributed by atoms with Crippen LogP contribution in [0.5, 0.6) is 0 Å². The monoisotopic (exact) mass is 224 g/mol. The van der Waals surface area contributed by atoms with Gasteiger partial charge in [0.15, 0.2) is 0 Å². The van der Waals surface area contributed by atoms with Gasteiger partial charge in [-0.1, -0.05) is 20.8 Å². The van der Waals surface area contributed by atoms with Crippen molar-refractivity contribution in [1.82, 2.24) is 4.90 Å². The molecule has 0 spiro atoms. The Labute approximate surface area is 101 Å². The highest BCUT2D eigenvalue weighted by Crippen LogP contribution is 2.41. The fourth-order valence-corrected chi connectivity index (χ4v) is 3.47. The Morgan fingerprint density at radius 1 is 1.19 bits per heavy atom. The first-order valence-corrected chi connectivity index (χ1v) is 6.93. The fraction of sp³-hybridized carbons (Fsp3) is 1.00. The molecule has 2 N–H and O–H groups in total. The lowest BCUT2D eigenvalue weighted by Crippen LogP contribution is -2.55. The zero-order valence-electron chi connectivity index (χ0n) is 11.3. The second kappa shape index (κ2) is 4.30. The molecule has 2 aliphatic rings. The summed E-state index contributed by atoms with van der Waals surface area (Å²) < 4.78 is 0. The molecule has 0 amide bonds. The first kappa shape index (κ1) is 12.4. The lowest BCUT2D eigenvalue weighted by atomic mass is 9.76. The van der Waals surface area contributed by atoms with Crippen molar-refractivity contribution >= 4 is 0 Å². The van der Waals surface area contributed by atoms with Gasteiger partial charge in [0.25, 0.3) is 0 Å². The highest BCUT2D eigenvalue weighted by atomic mass is 15.2. The van der Waals surface area contributed by atoms with Crippen LogP contribution in [0.3, 0.4) is 0 Å². The third kappa shape index (κ3) is 2.28. The Morgan fingerprint density at radius 2 is 1.81 bits per heavy atom. The summed E-state index contributed by atoms with van der Waals surface area (Å²) in [6, 6.07) is 0. The molecule has 94 valence electrons. The molecule has 2 rings (SSSR count). The highest BCUT2D eigenvalue weighted by Gasteiger charge is 2.43. The molecule has 16 heavy (non-hydrogen) atoms. The summed E-state index contributed by atoms with van der Waals surface area (Å²) in [7, 11) is 0. The Kier molecular flexibility index (Phi) is 3.33. The smallest absolute Gasteiger partial charge is 0.0332 e. The van der Waals surface area contributed by atoms with Crippen LogP contribution in [0.1, 0.15) is 52.9 Å².